The molecule has 1 N–H and O–H groups in total. The fraction of sp³-hybridized carbons (Fsp3) is 0.250. The van der Waals surface area contributed by atoms with Crippen molar-refractivity contribution in [1.29, 1.82) is 0 Å². The maximum absolute atomic E-state index is 13.9. The zero-order valence-corrected chi connectivity index (χ0v) is 15.8. The highest BCUT2D eigenvalue weighted by Gasteiger charge is 2.37. The summed E-state index contributed by atoms with van der Waals surface area (Å²) in [5.41, 5.74) is 1.46. The highest BCUT2D eigenvalue weighted by atomic mass is 35.5. The molecule has 0 saturated carbocycles. The Morgan fingerprint density at radius 1 is 1.29 bits per heavy atom. The molecular weight excluding hydrogens is 387 g/mol. The highest BCUT2D eigenvalue weighted by Crippen LogP contribution is 2.28. The number of benzene rings is 2. The van der Waals surface area contributed by atoms with Crippen LogP contribution in [-0.2, 0) is 19.1 Å². The van der Waals surface area contributed by atoms with Gasteiger partial charge in [-0.1, -0.05) is 23.7 Å². The number of para-hydroxylation sites is 1. The Morgan fingerprint density at radius 3 is 2.75 bits per heavy atom. The summed E-state index contributed by atoms with van der Waals surface area (Å²) in [6.45, 7) is 1.32. The number of amides is 2. The number of aryl methyl sites for hydroxylation is 1. The number of esters is 1. The van der Waals surface area contributed by atoms with Crippen molar-refractivity contribution in [2.75, 3.05) is 23.4 Å². The van der Waals surface area contributed by atoms with Gasteiger partial charge in [0.2, 0.25) is 5.91 Å². The molecule has 1 aliphatic rings. The molecule has 0 radical (unpaired) electrons. The summed E-state index contributed by atoms with van der Waals surface area (Å²) in [7, 11) is 0. The molecule has 146 valence electrons. The van der Waals surface area contributed by atoms with E-state index in [1.54, 1.807) is 31.2 Å². The van der Waals surface area contributed by atoms with E-state index in [1.165, 1.54) is 23.1 Å². The minimum Gasteiger partial charge on any atom is -0.455 e. The van der Waals surface area contributed by atoms with Crippen LogP contribution in [-0.4, -0.2) is 30.9 Å². The van der Waals surface area contributed by atoms with Crippen LogP contribution in [0.4, 0.5) is 15.8 Å². The Labute approximate surface area is 166 Å². The van der Waals surface area contributed by atoms with Gasteiger partial charge in [-0.2, -0.15) is 0 Å². The van der Waals surface area contributed by atoms with Crippen LogP contribution in [0.1, 0.15) is 12.0 Å². The van der Waals surface area contributed by atoms with Crippen LogP contribution in [0.25, 0.3) is 0 Å². The number of carbonyl (C=O) groups excluding carboxylic acids is 3. The van der Waals surface area contributed by atoms with Crippen LogP contribution >= 0.6 is 11.6 Å². The van der Waals surface area contributed by atoms with Crippen molar-refractivity contribution >= 4 is 40.8 Å². The predicted octanol–water partition coefficient (Wildman–Crippen LogP) is 3.32. The van der Waals surface area contributed by atoms with Gasteiger partial charge in [0.1, 0.15) is 5.82 Å². The Morgan fingerprint density at radius 2 is 2.04 bits per heavy atom. The first kappa shape index (κ1) is 19.8. The van der Waals surface area contributed by atoms with Crippen LogP contribution in [0, 0.1) is 18.7 Å². The molecule has 6 nitrogen and oxygen atoms in total. The Balaban J connectivity index is 1.54. The second-order valence-electron chi connectivity index (χ2n) is 6.47. The second-order valence-corrected chi connectivity index (χ2v) is 6.91. The summed E-state index contributed by atoms with van der Waals surface area (Å²) in [6.07, 6.45) is -0.0922. The second kappa shape index (κ2) is 8.39. The molecule has 0 unspecified atom stereocenters. The van der Waals surface area contributed by atoms with Crippen LogP contribution in [0.5, 0.6) is 0 Å². The molecule has 0 bridgehead atoms. The number of hydrogen-bond donors (Lipinski definition) is 1. The average Bonchev–Trinajstić information content (AvgIpc) is 3.04. The van der Waals surface area contributed by atoms with Gasteiger partial charge in [0.25, 0.3) is 5.91 Å². The Kier molecular flexibility index (Phi) is 5.94. The maximum Gasteiger partial charge on any atom is 0.311 e. The predicted molar refractivity (Wildman–Crippen MR) is 103 cm³/mol. The fourth-order valence-electron chi connectivity index (χ4n) is 2.98. The molecule has 2 amide bonds. The third-order valence-corrected chi connectivity index (χ3v) is 4.64. The number of halogens is 2. The molecule has 1 aliphatic heterocycles. The normalized spacial score (nSPS) is 16.2. The smallest absolute Gasteiger partial charge is 0.311 e. The lowest BCUT2D eigenvalue weighted by atomic mass is 10.1. The Bertz CT molecular complexity index is 934. The third kappa shape index (κ3) is 4.48. The number of carbonyl (C=O) groups is 3. The molecule has 0 aromatic heterocycles. The van der Waals surface area contributed by atoms with E-state index >= 15 is 0 Å². The summed E-state index contributed by atoms with van der Waals surface area (Å²) in [6, 6.07) is 10.8. The number of ether oxygens (including phenoxy) is 1. The van der Waals surface area contributed by atoms with E-state index in [9.17, 15) is 18.8 Å². The SMILES string of the molecule is Cc1cc(Cl)ccc1NC(=O)COC(=O)[C@@H]1CC(=O)N(c2ccccc2F)C1. The zero-order chi connectivity index (χ0) is 20.3. The van der Waals surface area contributed by atoms with Crippen molar-refractivity contribution in [3.05, 3.63) is 58.9 Å². The summed E-state index contributed by atoms with van der Waals surface area (Å²) in [5.74, 6) is -2.84. The summed E-state index contributed by atoms with van der Waals surface area (Å²) in [4.78, 5) is 37.6. The molecule has 2 aromatic carbocycles. The molecule has 1 saturated heterocycles. The lowest BCUT2D eigenvalue weighted by Gasteiger charge is -2.17. The molecule has 0 aliphatic carbocycles. The number of nitrogens with zero attached hydrogens (tertiary/aromatic N) is 1. The maximum atomic E-state index is 13.9. The molecule has 1 heterocycles. The quantitative estimate of drug-likeness (QED) is 0.776. The van der Waals surface area contributed by atoms with E-state index < -0.39 is 30.2 Å². The van der Waals surface area contributed by atoms with Crippen molar-refractivity contribution in [2.45, 2.75) is 13.3 Å². The molecule has 0 spiro atoms. The minimum atomic E-state index is -0.753. The van der Waals surface area contributed by atoms with Crippen molar-refractivity contribution in [3.8, 4) is 0 Å². The first-order valence-electron chi connectivity index (χ1n) is 8.62. The van der Waals surface area contributed by atoms with E-state index in [0.29, 0.717) is 10.7 Å². The van der Waals surface area contributed by atoms with Gasteiger partial charge < -0.3 is 15.0 Å². The fourth-order valence-corrected chi connectivity index (χ4v) is 3.20. The molecule has 1 atom stereocenters. The summed E-state index contributed by atoms with van der Waals surface area (Å²) < 4.78 is 18.9. The molecule has 3 rings (SSSR count). The van der Waals surface area contributed by atoms with Crippen LogP contribution in [0.15, 0.2) is 42.5 Å². The number of nitrogens with one attached hydrogen (secondary N) is 1. The van der Waals surface area contributed by atoms with Gasteiger partial charge in [0, 0.05) is 23.7 Å². The van der Waals surface area contributed by atoms with Gasteiger partial charge >= 0.3 is 5.97 Å². The van der Waals surface area contributed by atoms with E-state index in [0.717, 1.165) is 5.56 Å². The van der Waals surface area contributed by atoms with E-state index in [1.807, 2.05) is 0 Å². The monoisotopic (exact) mass is 404 g/mol. The van der Waals surface area contributed by atoms with Gasteiger partial charge in [0.05, 0.1) is 11.6 Å². The Hall–Kier alpha value is -2.93. The molecular formula is C20H18ClFN2O4. The zero-order valence-electron chi connectivity index (χ0n) is 15.1. The third-order valence-electron chi connectivity index (χ3n) is 4.41. The molecule has 28 heavy (non-hydrogen) atoms. The van der Waals surface area contributed by atoms with Crippen molar-refractivity contribution in [2.24, 2.45) is 5.92 Å². The average molecular weight is 405 g/mol. The molecule has 8 heteroatoms. The minimum absolute atomic E-state index is 0.0104. The lowest BCUT2D eigenvalue weighted by molar-refractivity contribution is -0.151. The van der Waals surface area contributed by atoms with Crippen molar-refractivity contribution < 1.29 is 23.5 Å². The summed E-state index contributed by atoms with van der Waals surface area (Å²) >= 11 is 5.87. The van der Waals surface area contributed by atoms with Crippen LogP contribution in [0.3, 0.4) is 0 Å². The van der Waals surface area contributed by atoms with Crippen molar-refractivity contribution in [3.63, 3.8) is 0 Å². The molecule has 1 fully saturated rings. The first-order chi connectivity index (χ1) is 13.3. The van der Waals surface area contributed by atoms with E-state index in [2.05, 4.69) is 5.32 Å². The first-order valence-corrected chi connectivity index (χ1v) is 9.00. The summed E-state index contributed by atoms with van der Waals surface area (Å²) in [5, 5.41) is 3.18. The van der Waals surface area contributed by atoms with Crippen molar-refractivity contribution in [1.82, 2.24) is 0 Å². The van der Waals surface area contributed by atoms with E-state index in [-0.39, 0.29) is 24.6 Å². The standard InChI is InChI=1S/C20H18ClFN2O4/c1-12-8-14(21)6-7-16(12)23-18(25)11-28-20(27)13-9-19(26)24(10-13)17-5-3-2-4-15(17)22/h2-8,13H,9-11H2,1H3,(H,23,25)/t13-/m1/s1. The topological polar surface area (TPSA) is 75.7 Å². The van der Waals surface area contributed by atoms with E-state index in [4.69, 9.17) is 16.3 Å². The van der Waals surface area contributed by atoms with Gasteiger partial charge in [-0.15, -0.1) is 0 Å². The highest BCUT2D eigenvalue weighted by molar-refractivity contribution is 6.30. The van der Waals surface area contributed by atoms with Crippen LogP contribution in [0.2, 0.25) is 5.02 Å². The number of hydrogen-bond acceptors (Lipinski definition) is 4. The van der Waals surface area contributed by atoms with Gasteiger partial charge in [-0.3, -0.25) is 14.4 Å². The largest absolute Gasteiger partial charge is 0.455 e. The number of rotatable bonds is 5. The van der Waals surface area contributed by atoms with Gasteiger partial charge in [-0.05, 0) is 42.8 Å². The number of anilines is 2. The lowest BCUT2D eigenvalue weighted by Crippen LogP contribution is -2.28. The molecule has 2 aromatic rings. The van der Waals surface area contributed by atoms with Gasteiger partial charge in [-0.25, -0.2) is 4.39 Å². The van der Waals surface area contributed by atoms with Crippen LogP contribution < -0.4 is 10.2 Å². The van der Waals surface area contributed by atoms with Gasteiger partial charge in [0.15, 0.2) is 6.61 Å².